The van der Waals surface area contributed by atoms with E-state index in [4.69, 9.17) is 5.73 Å². The second-order valence-electron chi connectivity index (χ2n) is 4.56. The topological polar surface area (TPSA) is 92.5 Å². The summed E-state index contributed by atoms with van der Waals surface area (Å²) in [6.45, 7) is 0. The maximum atomic E-state index is 12.2. The molecule has 0 saturated carbocycles. The molecule has 1 aliphatic heterocycles. The van der Waals surface area contributed by atoms with Gasteiger partial charge in [0.15, 0.2) is 0 Å². The number of likely N-dealkylation sites (tertiary alicyclic amines) is 1. The molecule has 1 aliphatic rings. The number of carbonyl (C=O) groups excluding carboxylic acids is 3. The molecule has 20 heavy (non-hydrogen) atoms. The number of nitrogens with zero attached hydrogens (tertiary/aromatic N) is 1. The summed E-state index contributed by atoms with van der Waals surface area (Å²) in [5, 5.41) is 2.64. The lowest BCUT2D eigenvalue weighted by molar-refractivity contribution is -0.147. The van der Waals surface area contributed by atoms with Gasteiger partial charge in [0, 0.05) is 19.2 Å². The van der Waals surface area contributed by atoms with Gasteiger partial charge >= 0.3 is 0 Å². The number of imide groups is 1. The van der Waals surface area contributed by atoms with Gasteiger partial charge < -0.3 is 11.1 Å². The standard InChI is InChI=1S/C13H14BrN3O3/c1-17-10(18)6-5-9(13(17)20)16-12(19)7-3-2-4-8(15)11(7)14/h2-4,9H,5-6,15H2,1H3,(H,16,19). The van der Waals surface area contributed by atoms with Gasteiger partial charge in [0.1, 0.15) is 6.04 Å². The number of rotatable bonds is 2. The van der Waals surface area contributed by atoms with Gasteiger partial charge in [0.2, 0.25) is 5.91 Å². The van der Waals surface area contributed by atoms with Crippen molar-refractivity contribution in [2.75, 3.05) is 12.8 Å². The largest absolute Gasteiger partial charge is 0.398 e. The van der Waals surface area contributed by atoms with E-state index in [1.54, 1.807) is 18.2 Å². The minimum atomic E-state index is -0.682. The summed E-state index contributed by atoms with van der Waals surface area (Å²) in [5.41, 5.74) is 6.52. The lowest BCUT2D eigenvalue weighted by Crippen LogP contribution is -2.52. The first kappa shape index (κ1) is 14.5. The molecule has 1 aromatic rings. The fraction of sp³-hybridized carbons (Fsp3) is 0.308. The Morgan fingerprint density at radius 3 is 2.85 bits per heavy atom. The highest BCUT2D eigenvalue weighted by Gasteiger charge is 2.33. The summed E-state index contributed by atoms with van der Waals surface area (Å²) in [7, 11) is 1.42. The van der Waals surface area contributed by atoms with Crippen molar-refractivity contribution in [3.05, 3.63) is 28.2 Å². The quantitative estimate of drug-likeness (QED) is 0.618. The van der Waals surface area contributed by atoms with Crippen LogP contribution in [0.25, 0.3) is 0 Å². The minimum Gasteiger partial charge on any atom is -0.398 e. The third-order valence-electron chi connectivity index (χ3n) is 3.23. The summed E-state index contributed by atoms with van der Waals surface area (Å²) in [4.78, 5) is 36.5. The van der Waals surface area contributed by atoms with E-state index in [0.717, 1.165) is 4.90 Å². The van der Waals surface area contributed by atoms with E-state index < -0.39 is 17.9 Å². The van der Waals surface area contributed by atoms with Crippen LogP contribution in [-0.2, 0) is 9.59 Å². The highest BCUT2D eigenvalue weighted by Crippen LogP contribution is 2.24. The van der Waals surface area contributed by atoms with Gasteiger partial charge in [0.05, 0.1) is 10.0 Å². The Balaban J connectivity index is 2.14. The van der Waals surface area contributed by atoms with E-state index in [1.807, 2.05) is 0 Å². The van der Waals surface area contributed by atoms with Gasteiger partial charge in [-0.3, -0.25) is 19.3 Å². The molecule has 7 heteroatoms. The Kier molecular flexibility index (Phi) is 4.08. The number of anilines is 1. The monoisotopic (exact) mass is 339 g/mol. The molecule has 0 spiro atoms. The molecule has 1 heterocycles. The molecular weight excluding hydrogens is 326 g/mol. The predicted molar refractivity (Wildman–Crippen MR) is 76.8 cm³/mol. The molecule has 0 aliphatic carbocycles. The van der Waals surface area contributed by atoms with Crippen molar-refractivity contribution in [3.63, 3.8) is 0 Å². The number of nitrogen functional groups attached to an aromatic ring is 1. The summed E-state index contributed by atoms with van der Waals surface area (Å²) in [5.74, 6) is -1.02. The van der Waals surface area contributed by atoms with Gasteiger partial charge in [0.25, 0.3) is 11.8 Å². The van der Waals surface area contributed by atoms with Crippen LogP contribution in [0.2, 0.25) is 0 Å². The molecule has 6 nitrogen and oxygen atoms in total. The molecule has 2 rings (SSSR count). The molecule has 0 bridgehead atoms. The van der Waals surface area contributed by atoms with Crippen molar-refractivity contribution in [1.29, 1.82) is 0 Å². The molecule has 1 unspecified atom stereocenters. The summed E-state index contributed by atoms with van der Waals surface area (Å²) in [6, 6.07) is 4.25. The zero-order valence-electron chi connectivity index (χ0n) is 10.9. The van der Waals surface area contributed by atoms with Gasteiger partial charge in [-0.25, -0.2) is 0 Å². The summed E-state index contributed by atoms with van der Waals surface area (Å²) < 4.78 is 0.491. The van der Waals surface area contributed by atoms with Gasteiger partial charge in [-0.05, 0) is 34.5 Å². The fourth-order valence-electron chi connectivity index (χ4n) is 2.01. The van der Waals surface area contributed by atoms with Crippen molar-refractivity contribution in [1.82, 2.24) is 10.2 Å². The first-order valence-electron chi connectivity index (χ1n) is 6.07. The van der Waals surface area contributed by atoms with Gasteiger partial charge in [-0.1, -0.05) is 6.07 Å². The minimum absolute atomic E-state index is 0.231. The van der Waals surface area contributed by atoms with Crippen molar-refractivity contribution in [3.8, 4) is 0 Å². The molecular formula is C13H14BrN3O3. The first-order chi connectivity index (χ1) is 9.41. The number of hydrogen-bond acceptors (Lipinski definition) is 4. The number of likely N-dealkylation sites (N-methyl/N-ethyl adjacent to an activating group) is 1. The maximum Gasteiger partial charge on any atom is 0.253 e. The average Bonchev–Trinajstić information content (AvgIpc) is 2.42. The van der Waals surface area contributed by atoms with Crippen LogP contribution >= 0.6 is 15.9 Å². The summed E-state index contributed by atoms with van der Waals surface area (Å²) in [6.07, 6.45) is 0.555. The third kappa shape index (κ3) is 2.67. The molecule has 1 aromatic carbocycles. The lowest BCUT2D eigenvalue weighted by atomic mass is 10.0. The second-order valence-corrected chi connectivity index (χ2v) is 5.36. The highest BCUT2D eigenvalue weighted by molar-refractivity contribution is 9.10. The SMILES string of the molecule is CN1C(=O)CCC(NC(=O)c2cccc(N)c2Br)C1=O. The van der Waals surface area contributed by atoms with E-state index in [0.29, 0.717) is 22.1 Å². The average molecular weight is 340 g/mol. The number of carbonyl (C=O) groups is 3. The van der Waals surface area contributed by atoms with Crippen molar-refractivity contribution >= 4 is 39.3 Å². The Morgan fingerprint density at radius 2 is 2.15 bits per heavy atom. The highest BCUT2D eigenvalue weighted by atomic mass is 79.9. The van der Waals surface area contributed by atoms with E-state index >= 15 is 0 Å². The van der Waals surface area contributed by atoms with Crippen molar-refractivity contribution in [2.45, 2.75) is 18.9 Å². The molecule has 0 aromatic heterocycles. The number of piperidine rings is 1. The number of halogens is 1. The van der Waals surface area contributed by atoms with E-state index in [2.05, 4.69) is 21.2 Å². The maximum absolute atomic E-state index is 12.2. The Labute approximate surface area is 124 Å². The number of benzene rings is 1. The molecule has 0 radical (unpaired) electrons. The fourth-order valence-corrected chi connectivity index (χ4v) is 2.46. The lowest BCUT2D eigenvalue weighted by Gasteiger charge is -2.28. The molecule has 1 saturated heterocycles. The molecule has 1 fully saturated rings. The zero-order valence-corrected chi connectivity index (χ0v) is 12.4. The first-order valence-corrected chi connectivity index (χ1v) is 6.86. The molecule has 1 atom stereocenters. The van der Waals surface area contributed by atoms with Gasteiger partial charge in [-0.15, -0.1) is 0 Å². The van der Waals surface area contributed by atoms with Crippen molar-refractivity contribution in [2.24, 2.45) is 0 Å². The third-order valence-corrected chi connectivity index (χ3v) is 4.11. The van der Waals surface area contributed by atoms with Crippen LogP contribution in [0.1, 0.15) is 23.2 Å². The smallest absolute Gasteiger partial charge is 0.253 e. The van der Waals surface area contributed by atoms with Crippen LogP contribution in [0.5, 0.6) is 0 Å². The van der Waals surface area contributed by atoms with Crippen LogP contribution in [0.15, 0.2) is 22.7 Å². The molecule has 3 amide bonds. The zero-order chi connectivity index (χ0) is 14.9. The Bertz CT molecular complexity index is 588. The molecule has 3 N–H and O–H groups in total. The van der Waals surface area contributed by atoms with Crippen LogP contribution in [0.3, 0.4) is 0 Å². The number of nitrogens with one attached hydrogen (secondary N) is 1. The Hall–Kier alpha value is -1.89. The van der Waals surface area contributed by atoms with E-state index in [1.165, 1.54) is 7.05 Å². The second kappa shape index (κ2) is 5.62. The number of hydrogen-bond donors (Lipinski definition) is 2. The van der Waals surface area contributed by atoms with E-state index in [9.17, 15) is 14.4 Å². The van der Waals surface area contributed by atoms with Crippen LogP contribution in [0, 0.1) is 0 Å². The Morgan fingerprint density at radius 1 is 1.45 bits per heavy atom. The van der Waals surface area contributed by atoms with Crippen LogP contribution < -0.4 is 11.1 Å². The molecule has 106 valence electrons. The van der Waals surface area contributed by atoms with E-state index in [-0.39, 0.29) is 12.3 Å². The predicted octanol–water partition coefficient (Wildman–Crippen LogP) is 0.908. The summed E-state index contributed by atoms with van der Waals surface area (Å²) >= 11 is 3.25. The van der Waals surface area contributed by atoms with Gasteiger partial charge in [-0.2, -0.15) is 0 Å². The van der Waals surface area contributed by atoms with Crippen LogP contribution in [0.4, 0.5) is 5.69 Å². The van der Waals surface area contributed by atoms with Crippen molar-refractivity contribution < 1.29 is 14.4 Å². The van der Waals surface area contributed by atoms with Crippen LogP contribution in [-0.4, -0.2) is 35.7 Å². The number of amides is 3. The normalized spacial score (nSPS) is 19.1. The number of nitrogens with two attached hydrogens (primary N) is 1.